The number of carbonyl (C=O) groups is 2. The van der Waals surface area contributed by atoms with Crippen LogP contribution in [0.5, 0.6) is 0 Å². The van der Waals surface area contributed by atoms with Crippen LogP contribution in [0.25, 0.3) is 0 Å². The maximum atomic E-state index is 11.4. The van der Waals surface area contributed by atoms with Crippen molar-refractivity contribution in [3.05, 3.63) is 0 Å². The van der Waals surface area contributed by atoms with E-state index in [4.69, 9.17) is 9.84 Å². The van der Waals surface area contributed by atoms with E-state index >= 15 is 0 Å². The normalized spacial score (nSPS) is 19.2. The predicted octanol–water partition coefficient (Wildman–Crippen LogP) is 0.698. The fraction of sp³-hybridized carbons (Fsp3) is 0.800. The Balaban J connectivity index is 2.28. The number of aliphatic hydroxyl groups is 1. The molecule has 0 spiro atoms. The number of imide groups is 1. The Kier molecular flexibility index (Phi) is 3.74. The van der Waals surface area contributed by atoms with E-state index in [-0.39, 0.29) is 12.6 Å². The lowest BCUT2D eigenvalue weighted by molar-refractivity contribution is 0.0542. The average molecular weight is 230 g/mol. The van der Waals surface area contributed by atoms with Gasteiger partial charge in [-0.05, 0) is 27.2 Å². The quantitative estimate of drug-likeness (QED) is 0.684. The summed E-state index contributed by atoms with van der Waals surface area (Å²) >= 11 is 0. The Morgan fingerprint density at radius 3 is 2.62 bits per heavy atom. The Morgan fingerprint density at radius 1 is 1.50 bits per heavy atom. The van der Waals surface area contributed by atoms with Crippen LogP contribution in [0.2, 0.25) is 0 Å². The molecule has 0 aromatic heterocycles. The molecule has 0 radical (unpaired) electrons. The summed E-state index contributed by atoms with van der Waals surface area (Å²) in [4.78, 5) is 24.1. The third-order valence-corrected chi connectivity index (χ3v) is 2.05. The summed E-state index contributed by atoms with van der Waals surface area (Å²) in [5.74, 6) is 0. The summed E-state index contributed by atoms with van der Waals surface area (Å²) in [6, 6.07) is -0.417. The van der Waals surface area contributed by atoms with Crippen molar-refractivity contribution >= 4 is 12.1 Å². The Hall–Kier alpha value is -1.30. The lowest BCUT2D eigenvalue weighted by Crippen LogP contribution is -2.39. The molecule has 16 heavy (non-hydrogen) atoms. The number of alkyl carbamates (subject to hydrolysis) is 1. The van der Waals surface area contributed by atoms with E-state index in [9.17, 15) is 9.59 Å². The highest BCUT2D eigenvalue weighted by Crippen LogP contribution is 2.20. The standard InChI is InChI=1S/C10H18N2O4/c1-10(2,3)16-9(15)11-8(14)12-6-7(12)4-5-13/h7,13H,4-6H2,1-3H3,(H,11,14,15)/t7-,12?/m1/s1. The van der Waals surface area contributed by atoms with Crippen LogP contribution in [-0.4, -0.2) is 46.9 Å². The number of rotatable bonds is 2. The van der Waals surface area contributed by atoms with Crippen molar-refractivity contribution in [1.82, 2.24) is 10.2 Å². The van der Waals surface area contributed by atoms with Crippen LogP contribution in [0.1, 0.15) is 27.2 Å². The summed E-state index contributed by atoms with van der Waals surface area (Å²) in [5.41, 5.74) is -0.617. The summed E-state index contributed by atoms with van der Waals surface area (Å²) < 4.78 is 4.93. The second kappa shape index (κ2) is 4.69. The van der Waals surface area contributed by atoms with Crippen molar-refractivity contribution in [2.45, 2.75) is 38.8 Å². The lowest BCUT2D eigenvalue weighted by atomic mass is 10.2. The van der Waals surface area contributed by atoms with Gasteiger partial charge in [0.1, 0.15) is 5.60 Å². The number of urea groups is 1. The van der Waals surface area contributed by atoms with E-state index in [1.54, 1.807) is 20.8 Å². The molecular formula is C10H18N2O4. The van der Waals surface area contributed by atoms with Crippen molar-refractivity contribution in [2.24, 2.45) is 0 Å². The first-order valence-electron chi connectivity index (χ1n) is 5.25. The monoisotopic (exact) mass is 230 g/mol. The molecule has 92 valence electrons. The second-order valence-electron chi connectivity index (χ2n) is 4.75. The van der Waals surface area contributed by atoms with Gasteiger partial charge in [0.2, 0.25) is 0 Å². The molecule has 6 heteroatoms. The topological polar surface area (TPSA) is 78.6 Å². The molecule has 3 amide bonds. The van der Waals surface area contributed by atoms with Gasteiger partial charge in [-0.15, -0.1) is 0 Å². The predicted molar refractivity (Wildman–Crippen MR) is 57.0 cm³/mol. The molecule has 1 saturated heterocycles. The molecule has 0 aromatic carbocycles. The van der Waals surface area contributed by atoms with Crippen LogP contribution in [0.15, 0.2) is 0 Å². The van der Waals surface area contributed by atoms with E-state index in [1.807, 2.05) is 0 Å². The van der Waals surface area contributed by atoms with Gasteiger partial charge in [-0.3, -0.25) is 0 Å². The Labute approximate surface area is 94.6 Å². The van der Waals surface area contributed by atoms with Crippen LogP contribution >= 0.6 is 0 Å². The smallest absolute Gasteiger partial charge is 0.415 e. The highest BCUT2D eigenvalue weighted by Gasteiger charge is 2.38. The van der Waals surface area contributed by atoms with Gasteiger partial charge < -0.3 is 14.7 Å². The van der Waals surface area contributed by atoms with Gasteiger partial charge in [0.25, 0.3) is 0 Å². The summed E-state index contributed by atoms with van der Waals surface area (Å²) in [6.45, 7) is 5.80. The molecule has 2 N–H and O–H groups in total. The molecule has 1 heterocycles. The third kappa shape index (κ3) is 4.06. The minimum absolute atomic E-state index is 0.0425. The van der Waals surface area contributed by atoms with Gasteiger partial charge >= 0.3 is 12.1 Å². The Morgan fingerprint density at radius 2 is 2.12 bits per heavy atom. The van der Waals surface area contributed by atoms with Crippen molar-refractivity contribution in [2.75, 3.05) is 13.2 Å². The number of ether oxygens (including phenoxy) is 1. The number of hydrogen-bond acceptors (Lipinski definition) is 4. The minimum Gasteiger partial charge on any atom is -0.443 e. The highest BCUT2D eigenvalue weighted by molar-refractivity contribution is 5.92. The molecule has 1 aliphatic heterocycles. The minimum atomic E-state index is -0.743. The molecule has 0 aliphatic carbocycles. The van der Waals surface area contributed by atoms with Gasteiger partial charge in [-0.25, -0.2) is 14.9 Å². The molecule has 1 aliphatic rings. The second-order valence-corrected chi connectivity index (χ2v) is 4.75. The number of carbonyl (C=O) groups excluding carboxylic acids is 2. The van der Waals surface area contributed by atoms with Crippen LogP contribution in [-0.2, 0) is 4.74 Å². The zero-order valence-electron chi connectivity index (χ0n) is 9.82. The van der Waals surface area contributed by atoms with Crippen molar-refractivity contribution in [1.29, 1.82) is 0 Å². The maximum absolute atomic E-state index is 11.4. The molecule has 1 atom stereocenters. The molecule has 0 bridgehead atoms. The van der Waals surface area contributed by atoms with Crippen molar-refractivity contribution in [3.8, 4) is 0 Å². The molecule has 1 rings (SSSR count). The molecule has 6 nitrogen and oxygen atoms in total. The van der Waals surface area contributed by atoms with E-state index in [2.05, 4.69) is 5.32 Å². The Bertz CT molecular complexity index is 285. The van der Waals surface area contributed by atoms with Gasteiger partial charge in [-0.1, -0.05) is 0 Å². The van der Waals surface area contributed by atoms with E-state index in [0.29, 0.717) is 13.0 Å². The van der Waals surface area contributed by atoms with Gasteiger partial charge in [0, 0.05) is 13.2 Å². The molecule has 0 aromatic rings. The van der Waals surface area contributed by atoms with E-state index in [1.165, 1.54) is 4.90 Å². The number of amides is 3. The van der Waals surface area contributed by atoms with Crippen molar-refractivity contribution < 1.29 is 19.4 Å². The zero-order valence-corrected chi connectivity index (χ0v) is 9.82. The van der Waals surface area contributed by atoms with Crippen LogP contribution < -0.4 is 5.32 Å². The van der Waals surface area contributed by atoms with Gasteiger partial charge in [0.15, 0.2) is 0 Å². The van der Waals surface area contributed by atoms with Crippen LogP contribution in [0.4, 0.5) is 9.59 Å². The summed E-state index contributed by atoms with van der Waals surface area (Å²) in [7, 11) is 0. The van der Waals surface area contributed by atoms with Crippen LogP contribution in [0.3, 0.4) is 0 Å². The van der Waals surface area contributed by atoms with Gasteiger partial charge in [-0.2, -0.15) is 0 Å². The highest BCUT2D eigenvalue weighted by atomic mass is 16.6. The van der Waals surface area contributed by atoms with Gasteiger partial charge in [0.05, 0.1) is 6.04 Å². The van der Waals surface area contributed by atoms with E-state index < -0.39 is 17.7 Å². The number of hydrogen-bond donors (Lipinski definition) is 2. The number of nitrogens with zero attached hydrogens (tertiary/aromatic N) is 1. The average Bonchev–Trinajstić information content (AvgIpc) is 2.80. The zero-order chi connectivity index (χ0) is 12.3. The largest absolute Gasteiger partial charge is 0.443 e. The van der Waals surface area contributed by atoms with Crippen LogP contribution in [0, 0.1) is 0 Å². The first-order chi connectivity index (χ1) is 7.33. The lowest BCUT2D eigenvalue weighted by Gasteiger charge is -2.19. The summed E-state index contributed by atoms with van der Waals surface area (Å²) in [6.07, 6.45) is -0.200. The molecule has 0 saturated carbocycles. The number of nitrogens with one attached hydrogen (secondary N) is 1. The first kappa shape index (κ1) is 12.8. The molecule has 1 fully saturated rings. The maximum Gasteiger partial charge on any atom is 0.415 e. The fourth-order valence-corrected chi connectivity index (χ4v) is 1.29. The third-order valence-electron chi connectivity index (χ3n) is 2.05. The van der Waals surface area contributed by atoms with E-state index in [0.717, 1.165) is 0 Å². The fourth-order valence-electron chi connectivity index (χ4n) is 1.29. The molecular weight excluding hydrogens is 212 g/mol. The number of aliphatic hydroxyl groups excluding tert-OH is 1. The summed E-state index contributed by atoms with van der Waals surface area (Å²) in [5, 5.41) is 10.8. The first-order valence-corrected chi connectivity index (χ1v) is 5.25. The van der Waals surface area contributed by atoms with Crippen molar-refractivity contribution in [3.63, 3.8) is 0 Å². The SMILES string of the molecule is CC(C)(C)OC(=O)NC(=O)N1C[C@H]1CCO. The molecule has 0 unspecified atom stereocenters.